The molecular formula is C8H5ClFIO. The van der Waals surface area contributed by atoms with Crippen LogP contribution in [0.5, 0.6) is 0 Å². The molecule has 0 aliphatic carbocycles. The zero-order valence-corrected chi connectivity index (χ0v) is 9.11. The minimum atomic E-state index is -0.494. The Kier molecular flexibility index (Phi) is 3.06. The van der Waals surface area contributed by atoms with Crippen LogP contribution in [0.4, 0.5) is 4.39 Å². The smallest absolute Gasteiger partial charge is 0.160 e. The van der Waals surface area contributed by atoms with Gasteiger partial charge in [-0.15, -0.1) is 0 Å². The first kappa shape index (κ1) is 9.92. The third-order valence-electron chi connectivity index (χ3n) is 1.39. The summed E-state index contributed by atoms with van der Waals surface area (Å²) in [4.78, 5) is 10.9. The van der Waals surface area contributed by atoms with Crippen molar-refractivity contribution < 1.29 is 9.18 Å². The molecule has 0 aliphatic rings. The molecule has 1 nitrogen and oxygen atoms in total. The summed E-state index contributed by atoms with van der Waals surface area (Å²) >= 11 is 7.40. The molecule has 0 unspecified atom stereocenters. The zero-order valence-electron chi connectivity index (χ0n) is 6.20. The number of carbonyl (C=O) groups is 1. The molecule has 0 bridgehead atoms. The topological polar surface area (TPSA) is 17.1 Å². The van der Waals surface area contributed by atoms with Crippen molar-refractivity contribution in [3.8, 4) is 0 Å². The van der Waals surface area contributed by atoms with E-state index in [2.05, 4.69) is 0 Å². The number of hydrogen-bond donors (Lipinski definition) is 0. The first-order chi connectivity index (χ1) is 5.52. The van der Waals surface area contributed by atoms with Gasteiger partial charge in [-0.25, -0.2) is 4.39 Å². The molecule has 0 aromatic heterocycles. The van der Waals surface area contributed by atoms with Crippen LogP contribution in [0.15, 0.2) is 12.1 Å². The highest BCUT2D eigenvalue weighted by Gasteiger charge is 2.09. The summed E-state index contributed by atoms with van der Waals surface area (Å²) in [5.41, 5.74) is 0.460. The van der Waals surface area contributed by atoms with Crippen LogP contribution in [0.3, 0.4) is 0 Å². The van der Waals surface area contributed by atoms with Gasteiger partial charge in [0.1, 0.15) is 5.82 Å². The Morgan fingerprint density at radius 1 is 1.58 bits per heavy atom. The highest BCUT2D eigenvalue weighted by Crippen LogP contribution is 2.21. The molecule has 64 valence electrons. The van der Waals surface area contributed by atoms with Crippen molar-refractivity contribution in [2.75, 3.05) is 0 Å². The summed E-state index contributed by atoms with van der Waals surface area (Å²) in [7, 11) is 0. The second-order valence-electron chi connectivity index (χ2n) is 2.30. The Balaban J connectivity index is 3.33. The largest absolute Gasteiger partial charge is 0.294 e. The van der Waals surface area contributed by atoms with Crippen LogP contribution in [0, 0.1) is 9.39 Å². The van der Waals surface area contributed by atoms with E-state index >= 15 is 0 Å². The maximum absolute atomic E-state index is 12.8. The minimum absolute atomic E-state index is 0.0133. The lowest BCUT2D eigenvalue weighted by Gasteiger charge is -2.01. The minimum Gasteiger partial charge on any atom is -0.294 e. The number of halogens is 3. The van der Waals surface area contributed by atoms with Crippen molar-refractivity contribution in [1.29, 1.82) is 0 Å². The van der Waals surface area contributed by atoms with Crippen LogP contribution < -0.4 is 0 Å². The molecule has 0 amide bonds. The van der Waals surface area contributed by atoms with E-state index in [9.17, 15) is 9.18 Å². The molecule has 0 aliphatic heterocycles. The lowest BCUT2D eigenvalue weighted by Crippen LogP contribution is -1.97. The molecule has 0 spiro atoms. The summed E-state index contributed by atoms with van der Waals surface area (Å²) in [6, 6.07) is 2.60. The lowest BCUT2D eigenvalue weighted by molar-refractivity contribution is 0.101. The fraction of sp³-hybridized carbons (Fsp3) is 0.125. The highest BCUT2D eigenvalue weighted by molar-refractivity contribution is 14.1. The Hall–Kier alpha value is -0.160. The fourth-order valence-electron chi connectivity index (χ4n) is 0.792. The summed E-state index contributed by atoms with van der Waals surface area (Å²) in [6.07, 6.45) is 0. The Morgan fingerprint density at radius 2 is 2.17 bits per heavy atom. The van der Waals surface area contributed by atoms with Crippen LogP contribution in [0.1, 0.15) is 17.3 Å². The van der Waals surface area contributed by atoms with Gasteiger partial charge in [0, 0.05) is 9.13 Å². The van der Waals surface area contributed by atoms with Gasteiger partial charge in [-0.05, 0) is 41.6 Å². The maximum Gasteiger partial charge on any atom is 0.160 e. The van der Waals surface area contributed by atoms with Crippen molar-refractivity contribution >= 4 is 40.0 Å². The Morgan fingerprint density at radius 3 is 2.67 bits per heavy atom. The van der Waals surface area contributed by atoms with Gasteiger partial charge in [-0.2, -0.15) is 0 Å². The quantitative estimate of drug-likeness (QED) is 0.442. The van der Waals surface area contributed by atoms with Gasteiger partial charge in [0.15, 0.2) is 5.78 Å². The predicted octanol–water partition coefficient (Wildman–Crippen LogP) is 3.29. The maximum atomic E-state index is 12.8. The van der Waals surface area contributed by atoms with Gasteiger partial charge in [0.2, 0.25) is 0 Å². The molecular weight excluding hydrogens is 293 g/mol. The summed E-state index contributed by atoms with van der Waals surface area (Å²) in [5.74, 6) is -0.604. The molecule has 1 aromatic carbocycles. The number of Topliss-reactive ketones (excluding diaryl/α,β-unsaturated/α-hetero) is 1. The van der Waals surface area contributed by atoms with E-state index in [1.165, 1.54) is 19.1 Å². The SMILES string of the molecule is CC(=O)c1cc(Cl)c(F)cc1I. The monoisotopic (exact) mass is 298 g/mol. The predicted molar refractivity (Wildman–Crippen MR) is 54.1 cm³/mol. The number of benzene rings is 1. The van der Waals surface area contributed by atoms with Crippen molar-refractivity contribution in [2.45, 2.75) is 6.92 Å². The van der Waals surface area contributed by atoms with Crippen LogP contribution in [-0.4, -0.2) is 5.78 Å². The van der Waals surface area contributed by atoms with Crippen molar-refractivity contribution in [3.63, 3.8) is 0 Å². The molecule has 0 saturated carbocycles. The van der Waals surface area contributed by atoms with Crippen LogP contribution in [-0.2, 0) is 0 Å². The van der Waals surface area contributed by atoms with E-state index < -0.39 is 5.82 Å². The molecule has 0 saturated heterocycles. The van der Waals surface area contributed by atoms with Gasteiger partial charge in [-0.3, -0.25) is 4.79 Å². The van der Waals surface area contributed by atoms with E-state index in [-0.39, 0.29) is 10.8 Å². The van der Waals surface area contributed by atoms with Gasteiger partial charge in [0.05, 0.1) is 5.02 Å². The third-order valence-corrected chi connectivity index (χ3v) is 2.57. The third kappa shape index (κ3) is 1.95. The van der Waals surface area contributed by atoms with Crippen molar-refractivity contribution in [3.05, 3.63) is 32.1 Å². The molecule has 12 heavy (non-hydrogen) atoms. The average Bonchev–Trinajstić information content (AvgIpc) is 1.96. The first-order valence-electron chi connectivity index (χ1n) is 3.18. The van der Waals surface area contributed by atoms with Crippen LogP contribution in [0.25, 0.3) is 0 Å². The average molecular weight is 298 g/mol. The number of carbonyl (C=O) groups excluding carboxylic acids is 1. The van der Waals surface area contributed by atoms with Crippen LogP contribution in [0.2, 0.25) is 5.02 Å². The van der Waals surface area contributed by atoms with Gasteiger partial charge in [-0.1, -0.05) is 11.6 Å². The van der Waals surface area contributed by atoms with E-state index in [0.29, 0.717) is 9.13 Å². The summed E-state index contributed by atoms with van der Waals surface area (Å²) in [6.45, 7) is 1.42. The number of rotatable bonds is 1. The second-order valence-corrected chi connectivity index (χ2v) is 3.87. The summed E-state index contributed by atoms with van der Waals surface area (Å²) in [5, 5.41) is -0.0133. The first-order valence-corrected chi connectivity index (χ1v) is 4.63. The Labute approximate surface area is 88.1 Å². The molecule has 0 atom stereocenters. The summed E-state index contributed by atoms with van der Waals surface area (Å²) < 4.78 is 13.4. The molecule has 1 aromatic rings. The van der Waals surface area contributed by atoms with Gasteiger partial charge >= 0.3 is 0 Å². The second kappa shape index (κ2) is 3.70. The zero-order chi connectivity index (χ0) is 9.30. The van der Waals surface area contributed by atoms with Crippen LogP contribution >= 0.6 is 34.2 Å². The van der Waals surface area contributed by atoms with Gasteiger partial charge in [0.25, 0.3) is 0 Å². The Bertz CT molecular complexity index is 338. The lowest BCUT2D eigenvalue weighted by atomic mass is 10.1. The molecule has 0 radical (unpaired) electrons. The molecule has 4 heteroatoms. The van der Waals surface area contributed by atoms with E-state index in [0.717, 1.165) is 0 Å². The fourth-order valence-corrected chi connectivity index (χ4v) is 1.76. The standard InChI is InChI=1S/C8H5ClFIO/c1-4(12)5-2-6(9)7(10)3-8(5)11/h2-3H,1H3. The van der Waals surface area contributed by atoms with E-state index in [1.807, 2.05) is 22.6 Å². The number of hydrogen-bond acceptors (Lipinski definition) is 1. The molecule has 0 heterocycles. The van der Waals surface area contributed by atoms with E-state index in [4.69, 9.17) is 11.6 Å². The molecule has 1 rings (SSSR count). The molecule has 0 N–H and O–H groups in total. The molecule has 0 fully saturated rings. The number of ketones is 1. The van der Waals surface area contributed by atoms with E-state index in [1.54, 1.807) is 0 Å². The highest BCUT2D eigenvalue weighted by atomic mass is 127. The normalized spacial score (nSPS) is 10.0. The van der Waals surface area contributed by atoms with Crippen molar-refractivity contribution in [2.24, 2.45) is 0 Å². The van der Waals surface area contributed by atoms with Gasteiger partial charge < -0.3 is 0 Å². The van der Waals surface area contributed by atoms with Crippen molar-refractivity contribution in [1.82, 2.24) is 0 Å².